The zero-order valence-electron chi connectivity index (χ0n) is 3.96. The van der Waals surface area contributed by atoms with E-state index in [4.69, 9.17) is 5.26 Å². The Bertz CT molecular complexity index is 147. The number of carbonyl (C=O) groups is 1. The monoisotopic (exact) mass is 128 g/mol. The Labute approximate surface area is 52.4 Å². The zero-order chi connectivity index (χ0) is 6.41. The summed E-state index contributed by atoms with van der Waals surface area (Å²) in [6.45, 7) is 0. The minimum atomic E-state index is -0.475. The lowest BCUT2D eigenvalue weighted by Gasteiger charge is -1.83. The Morgan fingerprint density at radius 3 is 2.88 bits per heavy atom. The van der Waals surface area contributed by atoms with Crippen molar-refractivity contribution >= 4 is 17.9 Å². The molecule has 0 bridgehead atoms. The largest absolute Gasteiger partial charge is 0.323 e. The predicted octanol–water partition coefficient (Wildman–Crippen LogP) is 0.663. The van der Waals surface area contributed by atoms with Crippen molar-refractivity contribution in [1.82, 2.24) is 5.32 Å². The van der Waals surface area contributed by atoms with Crippen molar-refractivity contribution in [2.75, 3.05) is 0 Å². The van der Waals surface area contributed by atoms with Crippen molar-refractivity contribution in [2.45, 2.75) is 0 Å². The van der Waals surface area contributed by atoms with Crippen molar-refractivity contribution < 1.29 is 4.79 Å². The molecule has 0 atom stereocenters. The van der Waals surface area contributed by atoms with Crippen LogP contribution in [-0.4, -0.2) is 5.24 Å². The standard InChI is InChI=1S/C4H4N2OS/c5-2-1-3-6-4(7)8/h1,3H,(H2,6,7,8). The summed E-state index contributed by atoms with van der Waals surface area (Å²) in [6, 6.07) is 1.69. The molecule has 0 radical (unpaired) electrons. The third kappa shape index (κ3) is 5.05. The van der Waals surface area contributed by atoms with Gasteiger partial charge in [-0.15, -0.1) is 0 Å². The molecule has 3 nitrogen and oxygen atoms in total. The molecule has 1 N–H and O–H groups in total. The summed E-state index contributed by atoms with van der Waals surface area (Å²) in [5.74, 6) is 0. The van der Waals surface area contributed by atoms with Gasteiger partial charge in [-0.3, -0.25) is 4.79 Å². The highest BCUT2D eigenvalue weighted by Gasteiger charge is 1.79. The normalized spacial score (nSPS) is 8.50. The molecule has 0 aromatic carbocycles. The molecule has 0 spiro atoms. The van der Waals surface area contributed by atoms with Crippen LogP contribution in [0.25, 0.3) is 0 Å². The van der Waals surface area contributed by atoms with Crippen LogP contribution < -0.4 is 5.32 Å². The van der Waals surface area contributed by atoms with E-state index < -0.39 is 5.24 Å². The van der Waals surface area contributed by atoms with Crippen LogP contribution in [0.3, 0.4) is 0 Å². The van der Waals surface area contributed by atoms with Crippen molar-refractivity contribution in [3.63, 3.8) is 0 Å². The topological polar surface area (TPSA) is 52.9 Å². The predicted molar refractivity (Wildman–Crippen MR) is 32.3 cm³/mol. The number of allylic oxidation sites excluding steroid dienone is 1. The van der Waals surface area contributed by atoms with Crippen LogP contribution in [0, 0.1) is 11.3 Å². The molecule has 0 aliphatic carbocycles. The molecule has 0 rings (SSSR count). The van der Waals surface area contributed by atoms with Crippen LogP contribution in [0.4, 0.5) is 4.79 Å². The second kappa shape index (κ2) is 4.22. The van der Waals surface area contributed by atoms with E-state index in [-0.39, 0.29) is 0 Å². The van der Waals surface area contributed by atoms with E-state index >= 15 is 0 Å². The Hall–Kier alpha value is -0.950. The number of nitrogens with one attached hydrogen (secondary N) is 1. The minimum absolute atomic E-state index is 0.475. The maximum atomic E-state index is 9.91. The summed E-state index contributed by atoms with van der Waals surface area (Å²) in [7, 11) is 0. The van der Waals surface area contributed by atoms with E-state index in [9.17, 15) is 4.79 Å². The zero-order valence-corrected chi connectivity index (χ0v) is 4.85. The highest BCUT2D eigenvalue weighted by Crippen LogP contribution is 1.73. The fourth-order valence-electron chi connectivity index (χ4n) is 0.150. The number of nitrogens with zero attached hydrogens (tertiary/aromatic N) is 1. The molecule has 0 saturated heterocycles. The van der Waals surface area contributed by atoms with Crippen LogP contribution in [0.15, 0.2) is 12.3 Å². The summed E-state index contributed by atoms with van der Waals surface area (Å²) < 4.78 is 0. The van der Waals surface area contributed by atoms with Gasteiger partial charge in [-0.05, 0) is 0 Å². The summed E-state index contributed by atoms with van der Waals surface area (Å²) >= 11 is 3.36. The van der Waals surface area contributed by atoms with Crippen LogP contribution >= 0.6 is 12.6 Å². The number of carbonyl (C=O) groups excluding carboxylic acids is 1. The van der Waals surface area contributed by atoms with Gasteiger partial charge in [0, 0.05) is 12.3 Å². The van der Waals surface area contributed by atoms with Crippen molar-refractivity contribution in [2.24, 2.45) is 0 Å². The first-order chi connectivity index (χ1) is 3.77. The average Bonchev–Trinajstić information content (AvgIpc) is 1.66. The van der Waals surface area contributed by atoms with E-state index in [0.29, 0.717) is 0 Å². The molecule has 0 aromatic heterocycles. The van der Waals surface area contributed by atoms with Crippen molar-refractivity contribution in [3.8, 4) is 6.07 Å². The number of rotatable bonds is 1. The average molecular weight is 128 g/mol. The van der Waals surface area contributed by atoms with Gasteiger partial charge in [0.25, 0.3) is 5.24 Å². The lowest BCUT2D eigenvalue weighted by atomic mass is 10.7. The first-order valence-corrected chi connectivity index (χ1v) is 2.26. The van der Waals surface area contributed by atoms with Crippen LogP contribution in [-0.2, 0) is 0 Å². The second-order valence-corrected chi connectivity index (χ2v) is 1.32. The number of nitriles is 1. The maximum Gasteiger partial charge on any atom is 0.279 e. The highest BCUT2D eigenvalue weighted by molar-refractivity contribution is 7.96. The number of thiol groups is 1. The third-order valence-corrected chi connectivity index (χ3v) is 0.494. The first-order valence-electron chi connectivity index (χ1n) is 1.81. The molecule has 0 saturated carbocycles. The number of hydrogen-bond donors (Lipinski definition) is 2. The maximum absolute atomic E-state index is 9.91. The Balaban J connectivity index is 3.34. The molecular formula is C4H4N2OS. The molecule has 42 valence electrons. The molecule has 4 heteroatoms. The highest BCUT2D eigenvalue weighted by atomic mass is 32.1. The minimum Gasteiger partial charge on any atom is -0.323 e. The molecule has 1 amide bonds. The molecule has 0 fully saturated rings. The number of amides is 1. The van der Waals surface area contributed by atoms with Gasteiger partial charge in [-0.1, -0.05) is 12.6 Å². The molecule has 0 aliphatic heterocycles. The van der Waals surface area contributed by atoms with Gasteiger partial charge in [0.1, 0.15) is 0 Å². The lowest BCUT2D eigenvalue weighted by molar-refractivity contribution is 0.263. The van der Waals surface area contributed by atoms with E-state index in [1.807, 2.05) is 0 Å². The van der Waals surface area contributed by atoms with Crippen LogP contribution in [0.2, 0.25) is 0 Å². The number of hydrogen-bond acceptors (Lipinski definition) is 2. The van der Waals surface area contributed by atoms with Gasteiger partial charge in [-0.2, -0.15) is 5.26 Å². The lowest BCUT2D eigenvalue weighted by Crippen LogP contribution is -2.06. The Morgan fingerprint density at radius 2 is 2.50 bits per heavy atom. The molecule has 0 heterocycles. The van der Waals surface area contributed by atoms with Gasteiger partial charge >= 0.3 is 0 Å². The van der Waals surface area contributed by atoms with Gasteiger partial charge in [-0.25, -0.2) is 0 Å². The van der Waals surface area contributed by atoms with E-state index in [2.05, 4.69) is 17.9 Å². The smallest absolute Gasteiger partial charge is 0.279 e. The molecule has 0 aliphatic rings. The Kier molecular flexibility index (Phi) is 3.71. The van der Waals surface area contributed by atoms with Crippen molar-refractivity contribution in [1.29, 1.82) is 5.26 Å². The Morgan fingerprint density at radius 1 is 1.88 bits per heavy atom. The van der Waals surface area contributed by atoms with Gasteiger partial charge in [0.15, 0.2) is 0 Å². The quantitative estimate of drug-likeness (QED) is 0.402. The summed E-state index contributed by atoms with van der Waals surface area (Å²) in [6.07, 6.45) is 2.36. The fraction of sp³-hybridized carbons (Fsp3) is 0. The molecule has 0 unspecified atom stereocenters. The molecular weight excluding hydrogens is 124 g/mol. The molecule has 0 aromatic rings. The SMILES string of the molecule is N#CC=CNC(=O)S. The second-order valence-electron chi connectivity index (χ2n) is 0.912. The van der Waals surface area contributed by atoms with Crippen LogP contribution in [0.5, 0.6) is 0 Å². The van der Waals surface area contributed by atoms with E-state index in [1.165, 1.54) is 6.20 Å². The summed E-state index contributed by atoms with van der Waals surface area (Å²) in [5.41, 5.74) is 0. The van der Waals surface area contributed by atoms with Crippen LogP contribution in [0.1, 0.15) is 0 Å². The van der Waals surface area contributed by atoms with Gasteiger partial charge in [0.2, 0.25) is 0 Å². The first kappa shape index (κ1) is 7.05. The van der Waals surface area contributed by atoms with Gasteiger partial charge < -0.3 is 5.32 Å². The van der Waals surface area contributed by atoms with Gasteiger partial charge in [0.05, 0.1) is 6.07 Å². The molecule has 8 heavy (non-hydrogen) atoms. The van der Waals surface area contributed by atoms with E-state index in [1.54, 1.807) is 6.07 Å². The van der Waals surface area contributed by atoms with Crippen molar-refractivity contribution in [3.05, 3.63) is 12.3 Å². The summed E-state index contributed by atoms with van der Waals surface area (Å²) in [5, 5.41) is 9.56. The summed E-state index contributed by atoms with van der Waals surface area (Å²) in [4.78, 5) is 9.91. The third-order valence-electron chi connectivity index (χ3n) is 0.365. The fourth-order valence-corrected chi connectivity index (χ4v) is 0.225. The van der Waals surface area contributed by atoms with E-state index in [0.717, 1.165) is 6.08 Å².